The Morgan fingerprint density at radius 1 is 0.619 bits per heavy atom. The van der Waals surface area contributed by atoms with E-state index in [4.69, 9.17) is 10.2 Å². The van der Waals surface area contributed by atoms with Crippen molar-refractivity contribution < 1.29 is 24.9 Å². The quantitative estimate of drug-likeness (QED) is 0.402. The molecule has 0 aliphatic carbocycles. The van der Waals surface area contributed by atoms with Crippen LogP contribution in [0.3, 0.4) is 0 Å². The van der Waals surface area contributed by atoms with Crippen molar-refractivity contribution in [3.8, 4) is 0 Å². The molecule has 1 atom stereocenters. The predicted molar refractivity (Wildman–Crippen MR) is 81.3 cm³/mol. The second-order valence-electron chi connectivity index (χ2n) is 5.70. The zero-order valence-corrected chi connectivity index (χ0v) is 12.9. The number of aliphatic hydroxyl groups excluding tert-OH is 1. The van der Waals surface area contributed by atoms with Gasteiger partial charge in [0, 0.05) is 12.8 Å². The van der Waals surface area contributed by atoms with Crippen LogP contribution >= 0.6 is 0 Å². The monoisotopic (exact) mass is 302 g/mol. The molecule has 0 aliphatic heterocycles. The fourth-order valence-electron chi connectivity index (χ4n) is 2.34. The molecule has 0 heterocycles. The van der Waals surface area contributed by atoms with E-state index in [1.807, 2.05) is 0 Å². The molecule has 124 valence electrons. The van der Waals surface area contributed by atoms with Crippen LogP contribution in [0.4, 0.5) is 0 Å². The van der Waals surface area contributed by atoms with Crippen molar-refractivity contribution in [3.63, 3.8) is 0 Å². The van der Waals surface area contributed by atoms with Crippen LogP contribution in [0.1, 0.15) is 83.5 Å². The van der Waals surface area contributed by atoms with E-state index >= 15 is 0 Å². The van der Waals surface area contributed by atoms with Crippen molar-refractivity contribution in [3.05, 3.63) is 0 Å². The van der Waals surface area contributed by atoms with Crippen LogP contribution in [0, 0.1) is 0 Å². The minimum atomic E-state index is -0.738. The Morgan fingerprint density at radius 3 is 1.33 bits per heavy atom. The number of carboxylic acids is 2. The van der Waals surface area contributed by atoms with Gasteiger partial charge in [-0.1, -0.05) is 44.9 Å². The van der Waals surface area contributed by atoms with E-state index in [0.29, 0.717) is 0 Å². The lowest BCUT2D eigenvalue weighted by atomic mass is 10.0. The first kappa shape index (κ1) is 19.9. The molecule has 0 aromatic rings. The minimum Gasteiger partial charge on any atom is -0.481 e. The molecule has 5 nitrogen and oxygen atoms in total. The van der Waals surface area contributed by atoms with Gasteiger partial charge in [-0.15, -0.1) is 0 Å². The summed E-state index contributed by atoms with van der Waals surface area (Å²) in [4.78, 5) is 20.6. The van der Waals surface area contributed by atoms with Crippen molar-refractivity contribution in [2.24, 2.45) is 0 Å². The lowest BCUT2D eigenvalue weighted by Gasteiger charge is -2.10. The maximum absolute atomic E-state index is 10.3. The third-order valence-electron chi connectivity index (χ3n) is 3.61. The Morgan fingerprint density at radius 2 is 0.952 bits per heavy atom. The molecule has 0 bridgehead atoms. The van der Waals surface area contributed by atoms with E-state index in [1.54, 1.807) is 0 Å². The standard InChI is InChI=1S/C16H30O5/c17-14(11-7-4-5-9-13-16(20)21)10-6-2-1-3-8-12-15(18)19/h14,17H,1-13H2,(H,18,19)(H,20,21)/t14-/m1/s1. The normalized spacial score (nSPS) is 12.2. The molecule has 3 N–H and O–H groups in total. The highest BCUT2D eigenvalue weighted by Gasteiger charge is 2.04. The SMILES string of the molecule is O=C(O)CCCCCCC[C@@H](O)CCCCCCC(=O)O. The lowest BCUT2D eigenvalue weighted by molar-refractivity contribution is -0.138. The van der Waals surface area contributed by atoms with Gasteiger partial charge in [0.1, 0.15) is 0 Å². The molecule has 0 saturated carbocycles. The van der Waals surface area contributed by atoms with Crippen molar-refractivity contribution in [1.82, 2.24) is 0 Å². The van der Waals surface area contributed by atoms with Gasteiger partial charge in [0.25, 0.3) is 0 Å². The van der Waals surface area contributed by atoms with Crippen LogP contribution < -0.4 is 0 Å². The molecular weight excluding hydrogens is 272 g/mol. The van der Waals surface area contributed by atoms with Crippen LogP contribution in [0.5, 0.6) is 0 Å². The number of carbonyl (C=O) groups is 2. The molecule has 0 saturated heterocycles. The average molecular weight is 302 g/mol. The van der Waals surface area contributed by atoms with E-state index in [0.717, 1.165) is 70.6 Å². The molecule has 0 aliphatic rings. The first-order valence-corrected chi connectivity index (χ1v) is 8.14. The van der Waals surface area contributed by atoms with E-state index in [9.17, 15) is 14.7 Å². The second kappa shape index (κ2) is 13.9. The summed E-state index contributed by atoms with van der Waals surface area (Å²) in [7, 11) is 0. The van der Waals surface area contributed by atoms with Crippen LogP contribution in [0.25, 0.3) is 0 Å². The highest BCUT2D eigenvalue weighted by molar-refractivity contribution is 5.66. The van der Waals surface area contributed by atoms with Crippen LogP contribution in [0.15, 0.2) is 0 Å². The summed E-state index contributed by atoms with van der Waals surface area (Å²) in [6, 6.07) is 0. The Hall–Kier alpha value is -1.10. The van der Waals surface area contributed by atoms with Gasteiger partial charge in [0.15, 0.2) is 0 Å². The predicted octanol–water partition coefficient (Wildman–Crippen LogP) is 3.59. The van der Waals surface area contributed by atoms with Crippen molar-refractivity contribution >= 4 is 11.9 Å². The second-order valence-corrected chi connectivity index (χ2v) is 5.70. The summed E-state index contributed by atoms with van der Waals surface area (Å²) in [5.41, 5.74) is 0. The van der Waals surface area contributed by atoms with Crippen LogP contribution in [-0.2, 0) is 9.59 Å². The first-order valence-electron chi connectivity index (χ1n) is 8.14. The molecular formula is C16H30O5. The Labute approximate surface area is 127 Å². The van der Waals surface area contributed by atoms with Crippen LogP contribution in [-0.4, -0.2) is 33.4 Å². The lowest BCUT2D eigenvalue weighted by Crippen LogP contribution is -2.06. The molecule has 21 heavy (non-hydrogen) atoms. The first-order chi connectivity index (χ1) is 10.0. The number of hydrogen-bond donors (Lipinski definition) is 3. The number of unbranched alkanes of at least 4 members (excludes halogenated alkanes) is 7. The molecule has 0 rings (SSSR count). The van der Waals surface area contributed by atoms with Gasteiger partial charge >= 0.3 is 11.9 Å². The van der Waals surface area contributed by atoms with Gasteiger partial charge in [-0.3, -0.25) is 9.59 Å². The molecule has 0 unspecified atom stereocenters. The van der Waals surface area contributed by atoms with Crippen molar-refractivity contribution in [1.29, 1.82) is 0 Å². The van der Waals surface area contributed by atoms with Gasteiger partial charge in [-0.2, -0.15) is 0 Å². The number of aliphatic hydroxyl groups is 1. The van der Waals surface area contributed by atoms with Gasteiger partial charge in [-0.05, 0) is 25.7 Å². The molecule has 0 amide bonds. The largest absolute Gasteiger partial charge is 0.481 e. The topological polar surface area (TPSA) is 94.8 Å². The molecule has 0 spiro atoms. The number of hydrogen-bond acceptors (Lipinski definition) is 3. The number of aliphatic carboxylic acids is 2. The Balaban J connectivity index is 3.21. The maximum atomic E-state index is 10.3. The Bertz CT molecular complexity index is 278. The van der Waals surface area contributed by atoms with Crippen LogP contribution in [0.2, 0.25) is 0 Å². The third kappa shape index (κ3) is 16.8. The van der Waals surface area contributed by atoms with Gasteiger partial charge in [0.2, 0.25) is 0 Å². The Kier molecular flexibility index (Phi) is 13.1. The highest BCUT2D eigenvalue weighted by Crippen LogP contribution is 2.13. The summed E-state index contributed by atoms with van der Waals surface area (Å²) in [5.74, 6) is -1.47. The average Bonchev–Trinajstić information content (AvgIpc) is 2.41. The summed E-state index contributed by atoms with van der Waals surface area (Å²) in [6.45, 7) is 0. The number of rotatable bonds is 15. The van der Waals surface area contributed by atoms with E-state index in [2.05, 4.69) is 0 Å². The van der Waals surface area contributed by atoms with Gasteiger partial charge in [-0.25, -0.2) is 0 Å². The molecule has 0 aromatic heterocycles. The molecule has 0 radical (unpaired) electrons. The summed E-state index contributed by atoms with van der Waals surface area (Å²) in [6.07, 6.45) is 10.2. The minimum absolute atomic E-state index is 0.241. The van der Waals surface area contributed by atoms with Crippen molar-refractivity contribution in [2.75, 3.05) is 0 Å². The molecule has 0 fully saturated rings. The zero-order chi connectivity index (χ0) is 15.9. The summed E-state index contributed by atoms with van der Waals surface area (Å²) < 4.78 is 0. The molecule has 5 heteroatoms. The fraction of sp³-hybridized carbons (Fsp3) is 0.875. The fourth-order valence-corrected chi connectivity index (χ4v) is 2.34. The van der Waals surface area contributed by atoms with E-state index < -0.39 is 11.9 Å². The summed E-state index contributed by atoms with van der Waals surface area (Å²) >= 11 is 0. The highest BCUT2D eigenvalue weighted by atomic mass is 16.4. The van der Waals surface area contributed by atoms with E-state index in [1.165, 1.54) is 0 Å². The van der Waals surface area contributed by atoms with Crippen molar-refractivity contribution in [2.45, 2.75) is 89.6 Å². The van der Waals surface area contributed by atoms with E-state index in [-0.39, 0.29) is 18.9 Å². The number of carboxylic acid groups (broad SMARTS) is 2. The zero-order valence-electron chi connectivity index (χ0n) is 12.9. The smallest absolute Gasteiger partial charge is 0.303 e. The maximum Gasteiger partial charge on any atom is 0.303 e. The van der Waals surface area contributed by atoms with Gasteiger partial charge in [0.05, 0.1) is 6.10 Å². The molecule has 0 aromatic carbocycles. The third-order valence-corrected chi connectivity index (χ3v) is 3.61. The van der Waals surface area contributed by atoms with Gasteiger partial charge < -0.3 is 15.3 Å². The summed E-state index contributed by atoms with van der Waals surface area (Å²) in [5, 5.41) is 26.8.